The lowest BCUT2D eigenvalue weighted by Gasteiger charge is -2.45. The van der Waals surface area contributed by atoms with Gasteiger partial charge in [0, 0.05) is 52.3 Å². The Balaban J connectivity index is 1.07. The van der Waals surface area contributed by atoms with E-state index in [1.165, 1.54) is 33.6 Å². The van der Waals surface area contributed by atoms with Crippen molar-refractivity contribution in [3.8, 4) is 12.1 Å². The average molecular weight is 651 g/mol. The molecule has 0 aromatic heterocycles. The molecule has 2 aliphatic heterocycles. The van der Waals surface area contributed by atoms with Crippen molar-refractivity contribution in [3.05, 3.63) is 155 Å². The Hall–Kier alpha value is -5.32. The number of benzene rings is 3. The van der Waals surface area contributed by atoms with Crippen molar-refractivity contribution in [2.45, 2.75) is 69.5 Å². The Labute approximate surface area is 296 Å². The number of rotatable bonds is 4. The maximum Gasteiger partial charge on any atom is 0.0991 e. The third-order valence-corrected chi connectivity index (χ3v) is 12.3. The number of anilines is 3. The molecule has 8 unspecified atom stereocenters. The van der Waals surface area contributed by atoms with Crippen LogP contribution in [0.4, 0.5) is 17.1 Å². The smallest absolute Gasteiger partial charge is 0.0991 e. The molecular weight excluding hydrogens is 609 g/mol. The molecule has 6 aliphatic rings. The predicted octanol–water partition coefficient (Wildman–Crippen LogP) is 10.4. The maximum atomic E-state index is 9.79. The molecule has 9 rings (SSSR count). The van der Waals surface area contributed by atoms with Crippen molar-refractivity contribution >= 4 is 22.6 Å². The van der Waals surface area contributed by atoms with Crippen molar-refractivity contribution in [3.63, 3.8) is 0 Å². The second-order valence-electron chi connectivity index (χ2n) is 15.2. The minimum atomic E-state index is 0.0679. The summed E-state index contributed by atoms with van der Waals surface area (Å²) in [7, 11) is 0. The first-order chi connectivity index (χ1) is 24.5. The van der Waals surface area contributed by atoms with E-state index in [0.29, 0.717) is 46.9 Å². The standard InChI is InChI=1S/C46H42N4/c1-29-9-3-5-15-42(29)50-43-16-6-4-12-38(43)41-26-35(23-30(2)45(41)50)33-10-7-11-34(25-33)37-13-8-14-39-40-24-32(28-48)19-22-44(40)49(46(37)39)36-20-17-31(27-47)18-21-36/h3-8,10-14,16-22,24,26,29-30,33,40-42,44-45H,9,15,23,25H2,1-2H3. The van der Waals surface area contributed by atoms with Crippen molar-refractivity contribution in [1.82, 2.24) is 0 Å². The van der Waals surface area contributed by atoms with E-state index in [2.05, 4.69) is 139 Å². The molecule has 50 heavy (non-hydrogen) atoms. The molecule has 0 N–H and O–H groups in total. The second-order valence-corrected chi connectivity index (χ2v) is 15.2. The lowest BCUT2D eigenvalue weighted by atomic mass is 9.72. The van der Waals surface area contributed by atoms with E-state index in [-0.39, 0.29) is 12.0 Å². The number of fused-ring (bicyclic) bond motifs is 6. The van der Waals surface area contributed by atoms with Gasteiger partial charge in [0.2, 0.25) is 0 Å². The summed E-state index contributed by atoms with van der Waals surface area (Å²) in [6, 6.07) is 29.6. The van der Waals surface area contributed by atoms with Gasteiger partial charge in [0.15, 0.2) is 0 Å². The van der Waals surface area contributed by atoms with Crippen molar-refractivity contribution < 1.29 is 0 Å². The third-order valence-electron chi connectivity index (χ3n) is 12.3. The summed E-state index contributed by atoms with van der Waals surface area (Å²) >= 11 is 0. The fraction of sp³-hybridized carbons (Fsp3) is 0.304. The second kappa shape index (κ2) is 12.2. The Morgan fingerprint density at radius 3 is 2.40 bits per heavy atom. The van der Waals surface area contributed by atoms with Gasteiger partial charge >= 0.3 is 0 Å². The molecule has 246 valence electrons. The lowest BCUT2D eigenvalue weighted by molar-refractivity contribution is 0.318. The Kier molecular flexibility index (Phi) is 7.51. The lowest BCUT2D eigenvalue weighted by Crippen LogP contribution is -2.49. The van der Waals surface area contributed by atoms with Crippen LogP contribution in [0.3, 0.4) is 0 Å². The van der Waals surface area contributed by atoms with Gasteiger partial charge in [-0.25, -0.2) is 0 Å². The molecule has 0 amide bonds. The van der Waals surface area contributed by atoms with Gasteiger partial charge in [0.1, 0.15) is 0 Å². The zero-order chi connectivity index (χ0) is 33.9. The van der Waals surface area contributed by atoms with Crippen LogP contribution in [0.5, 0.6) is 0 Å². The monoisotopic (exact) mass is 650 g/mol. The molecule has 4 heteroatoms. The summed E-state index contributed by atoms with van der Waals surface area (Å²) < 4.78 is 0. The molecule has 0 saturated carbocycles. The Morgan fingerprint density at radius 2 is 1.58 bits per heavy atom. The molecule has 0 fully saturated rings. The van der Waals surface area contributed by atoms with Crippen LogP contribution in [0, 0.1) is 40.4 Å². The maximum absolute atomic E-state index is 9.79. The summed E-state index contributed by atoms with van der Waals surface area (Å²) in [4.78, 5) is 5.27. The molecular formula is C46H42N4. The summed E-state index contributed by atoms with van der Waals surface area (Å²) in [5.41, 5.74) is 12.0. The van der Waals surface area contributed by atoms with E-state index in [4.69, 9.17) is 0 Å². The highest BCUT2D eigenvalue weighted by Gasteiger charge is 2.47. The van der Waals surface area contributed by atoms with E-state index in [1.54, 1.807) is 5.57 Å². The molecule has 0 saturated heterocycles. The number of para-hydroxylation sites is 2. The molecule has 3 aromatic carbocycles. The zero-order valence-electron chi connectivity index (χ0n) is 28.8. The van der Waals surface area contributed by atoms with E-state index >= 15 is 0 Å². The zero-order valence-corrected chi connectivity index (χ0v) is 28.8. The number of hydrogen-bond acceptors (Lipinski definition) is 4. The van der Waals surface area contributed by atoms with Crippen LogP contribution in [-0.2, 0) is 0 Å². The Morgan fingerprint density at radius 1 is 0.760 bits per heavy atom. The Bertz CT molecular complexity index is 2130. The van der Waals surface area contributed by atoms with E-state index in [9.17, 15) is 10.5 Å². The number of allylic oxidation sites excluding steroid dienone is 8. The van der Waals surface area contributed by atoms with Crippen molar-refractivity contribution in [1.29, 1.82) is 10.5 Å². The van der Waals surface area contributed by atoms with Crippen LogP contribution in [-0.4, -0.2) is 18.1 Å². The molecule has 8 atom stereocenters. The predicted molar refractivity (Wildman–Crippen MR) is 203 cm³/mol. The first-order valence-corrected chi connectivity index (χ1v) is 18.4. The van der Waals surface area contributed by atoms with Gasteiger partial charge in [-0.05, 0) is 90.6 Å². The molecule has 0 bridgehead atoms. The molecule has 0 spiro atoms. The normalized spacial score (nSPS) is 30.3. The molecule has 3 aromatic rings. The van der Waals surface area contributed by atoms with Crippen LogP contribution >= 0.6 is 0 Å². The minimum absolute atomic E-state index is 0.0679. The highest BCUT2D eigenvalue weighted by atomic mass is 15.2. The number of nitriles is 2. The van der Waals surface area contributed by atoms with Crippen LogP contribution in [0.2, 0.25) is 0 Å². The third kappa shape index (κ3) is 4.85. The van der Waals surface area contributed by atoms with E-state index in [1.807, 2.05) is 18.2 Å². The van der Waals surface area contributed by atoms with Gasteiger partial charge in [0.05, 0.1) is 29.4 Å². The van der Waals surface area contributed by atoms with Crippen LogP contribution in [0.15, 0.2) is 133 Å². The van der Waals surface area contributed by atoms with Crippen LogP contribution in [0.1, 0.15) is 73.6 Å². The largest absolute Gasteiger partial charge is 0.364 e. The van der Waals surface area contributed by atoms with Crippen LogP contribution < -0.4 is 9.80 Å². The summed E-state index contributed by atoms with van der Waals surface area (Å²) in [6.07, 6.45) is 25.1. The van der Waals surface area contributed by atoms with Gasteiger partial charge < -0.3 is 9.80 Å². The fourth-order valence-electron chi connectivity index (χ4n) is 10.0. The van der Waals surface area contributed by atoms with Gasteiger partial charge in [-0.15, -0.1) is 0 Å². The topological polar surface area (TPSA) is 54.1 Å². The van der Waals surface area contributed by atoms with Crippen LogP contribution in [0.25, 0.3) is 5.57 Å². The molecule has 2 heterocycles. The molecule has 4 nitrogen and oxygen atoms in total. The summed E-state index contributed by atoms with van der Waals surface area (Å²) in [5, 5.41) is 19.3. The number of nitrogens with zero attached hydrogens (tertiary/aromatic N) is 4. The van der Waals surface area contributed by atoms with E-state index in [0.717, 1.165) is 31.4 Å². The van der Waals surface area contributed by atoms with Crippen molar-refractivity contribution in [2.24, 2.45) is 17.8 Å². The van der Waals surface area contributed by atoms with Gasteiger partial charge in [0.25, 0.3) is 0 Å². The first kappa shape index (κ1) is 30.7. The summed E-state index contributed by atoms with van der Waals surface area (Å²) in [6.45, 7) is 4.93. The van der Waals surface area contributed by atoms with Gasteiger partial charge in [-0.1, -0.05) is 104 Å². The summed E-state index contributed by atoms with van der Waals surface area (Å²) in [5.74, 6) is 2.05. The number of hydrogen-bond donors (Lipinski definition) is 0. The van der Waals surface area contributed by atoms with Gasteiger partial charge in [-0.2, -0.15) is 10.5 Å². The average Bonchev–Trinajstić information content (AvgIpc) is 3.68. The first-order valence-electron chi connectivity index (χ1n) is 18.4. The fourth-order valence-corrected chi connectivity index (χ4v) is 10.0. The highest BCUT2D eigenvalue weighted by Crippen LogP contribution is 2.55. The SMILES string of the molecule is CC1CC=CCC1N1c2ccccc2C2C=C(C3C=CC=C(c4cccc5c4N(c4ccc(C#N)cc4)C4C=CC(C#N)=CC54)C3)CC(C)C21. The highest BCUT2D eigenvalue weighted by molar-refractivity contribution is 5.88. The van der Waals surface area contributed by atoms with Crippen molar-refractivity contribution in [2.75, 3.05) is 9.80 Å². The molecule has 0 radical (unpaired) electrons. The quantitative estimate of drug-likeness (QED) is 0.264. The van der Waals surface area contributed by atoms with E-state index < -0.39 is 0 Å². The van der Waals surface area contributed by atoms with Gasteiger partial charge in [-0.3, -0.25) is 0 Å². The minimum Gasteiger partial charge on any atom is -0.364 e. The molecule has 4 aliphatic carbocycles.